The molecule has 0 saturated heterocycles. The largest absolute Gasteiger partial charge is 0.456 e. The van der Waals surface area contributed by atoms with Crippen LogP contribution in [0, 0.1) is 6.57 Å². The normalized spacial score (nSPS) is 11.2. The van der Waals surface area contributed by atoms with E-state index in [-0.39, 0.29) is 0 Å². The minimum atomic E-state index is 0.589. The van der Waals surface area contributed by atoms with E-state index in [9.17, 15) is 0 Å². The highest BCUT2D eigenvalue weighted by Crippen LogP contribution is 2.37. The molecule has 0 spiro atoms. The van der Waals surface area contributed by atoms with Gasteiger partial charge in [0.25, 0.3) is 0 Å². The minimum Gasteiger partial charge on any atom is -0.456 e. The Morgan fingerprint density at radius 2 is 1.55 bits per heavy atom. The second-order valence-electron chi connectivity index (χ2n) is 7.56. The van der Waals surface area contributed by atoms with Crippen molar-refractivity contribution < 1.29 is 4.42 Å². The van der Waals surface area contributed by atoms with Gasteiger partial charge in [0.15, 0.2) is 5.69 Å². The Morgan fingerprint density at radius 3 is 2.48 bits per heavy atom. The van der Waals surface area contributed by atoms with Gasteiger partial charge in [-0.25, -0.2) is 4.85 Å². The van der Waals surface area contributed by atoms with E-state index in [1.54, 1.807) is 12.3 Å². The monoisotopic (exact) mass is 396 g/mol. The molecule has 0 bridgehead atoms. The first-order valence-corrected chi connectivity index (χ1v) is 10.1. The van der Waals surface area contributed by atoms with Crippen LogP contribution < -0.4 is 0 Å². The average molecular weight is 396 g/mol. The number of hydrogen-bond donors (Lipinski definition) is 0. The van der Waals surface area contributed by atoms with Crippen molar-refractivity contribution in [1.82, 2.24) is 4.98 Å². The lowest BCUT2D eigenvalue weighted by Gasteiger charge is -2.06. The molecule has 0 atom stereocenters. The van der Waals surface area contributed by atoms with Crippen LogP contribution >= 0.6 is 0 Å². The predicted molar refractivity (Wildman–Crippen MR) is 126 cm³/mol. The predicted octanol–water partition coefficient (Wildman–Crippen LogP) is 8.02. The van der Waals surface area contributed by atoms with Crippen molar-refractivity contribution in [2.24, 2.45) is 0 Å². The molecule has 3 nitrogen and oxygen atoms in total. The fourth-order valence-electron chi connectivity index (χ4n) is 4.23. The van der Waals surface area contributed by atoms with E-state index < -0.39 is 0 Å². The third kappa shape index (κ3) is 2.86. The van der Waals surface area contributed by atoms with Crippen LogP contribution in [0.5, 0.6) is 0 Å². The summed E-state index contributed by atoms with van der Waals surface area (Å²) in [4.78, 5) is 7.95. The third-order valence-corrected chi connectivity index (χ3v) is 5.73. The van der Waals surface area contributed by atoms with E-state index in [1.165, 1.54) is 10.8 Å². The van der Waals surface area contributed by atoms with Crippen LogP contribution in [0.4, 0.5) is 5.69 Å². The van der Waals surface area contributed by atoms with Gasteiger partial charge in [0.2, 0.25) is 0 Å². The first-order chi connectivity index (χ1) is 15.3. The van der Waals surface area contributed by atoms with Crippen molar-refractivity contribution in [2.75, 3.05) is 0 Å². The number of pyridine rings is 1. The number of aromatic nitrogens is 1. The van der Waals surface area contributed by atoms with Gasteiger partial charge in [0, 0.05) is 17.0 Å². The Morgan fingerprint density at radius 1 is 0.677 bits per heavy atom. The van der Waals surface area contributed by atoms with Crippen molar-refractivity contribution in [1.29, 1.82) is 0 Å². The standard InChI is InChI=1S/C28H16N2O/c1-29-22-13-14-30-25(17-22)21-7-4-6-19(15-21)20-9-11-24-27(16-20)31-26-12-10-18-5-2-3-8-23(18)28(24)26/h2-17H. The highest BCUT2D eigenvalue weighted by molar-refractivity contribution is 6.19. The van der Waals surface area contributed by atoms with Crippen molar-refractivity contribution in [3.8, 4) is 22.4 Å². The van der Waals surface area contributed by atoms with Gasteiger partial charge in [-0.05, 0) is 63.9 Å². The smallest absolute Gasteiger partial charge is 0.190 e. The molecule has 0 unspecified atom stereocenters. The molecule has 0 aliphatic carbocycles. The maximum Gasteiger partial charge on any atom is 0.190 e. The molecule has 144 valence electrons. The number of furan rings is 1. The van der Waals surface area contributed by atoms with Gasteiger partial charge < -0.3 is 4.42 Å². The maximum absolute atomic E-state index is 7.24. The second-order valence-corrected chi connectivity index (χ2v) is 7.56. The molecular formula is C28H16N2O. The summed E-state index contributed by atoms with van der Waals surface area (Å²) in [5.41, 5.74) is 6.32. The van der Waals surface area contributed by atoms with E-state index in [0.29, 0.717) is 5.69 Å². The van der Waals surface area contributed by atoms with E-state index in [2.05, 4.69) is 70.5 Å². The van der Waals surface area contributed by atoms with Gasteiger partial charge in [0.1, 0.15) is 11.2 Å². The first kappa shape index (κ1) is 17.4. The molecule has 3 heteroatoms. The zero-order valence-corrected chi connectivity index (χ0v) is 16.5. The van der Waals surface area contributed by atoms with Crippen LogP contribution in [0.1, 0.15) is 0 Å². The van der Waals surface area contributed by atoms with Crippen molar-refractivity contribution >= 4 is 38.4 Å². The van der Waals surface area contributed by atoms with Crippen LogP contribution in [0.3, 0.4) is 0 Å². The van der Waals surface area contributed by atoms with Gasteiger partial charge in [-0.3, -0.25) is 4.98 Å². The maximum atomic E-state index is 7.24. The lowest BCUT2D eigenvalue weighted by atomic mass is 9.99. The highest BCUT2D eigenvalue weighted by atomic mass is 16.3. The summed E-state index contributed by atoms with van der Waals surface area (Å²) in [6, 6.07) is 30.7. The lowest BCUT2D eigenvalue weighted by molar-refractivity contribution is 0.669. The summed E-state index contributed by atoms with van der Waals surface area (Å²) >= 11 is 0. The fraction of sp³-hybridized carbons (Fsp3) is 0. The molecule has 0 N–H and O–H groups in total. The quantitative estimate of drug-likeness (QED) is 0.277. The summed E-state index contributed by atoms with van der Waals surface area (Å²) in [5.74, 6) is 0. The molecule has 0 amide bonds. The van der Waals surface area contributed by atoms with Gasteiger partial charge in [-0.2, -0.15) is 0 Å². The highest BCUT2D eigenvalue weighted by Gasteiger charge is 2.12. The molecule has 2 aromatic heterocycles. The summed E-state index contributed by atoms with van der Waals surface area (Å²) in [5, 5.41) is 4.70. The van der Waals surface area contributed by atoms with Gasteiger partial charge in [-0.15, -0.1) is 0 Å². The molecule has 0 radical (unpaired) electrons. The van der Waals surface area contributed by atoms with Gasteiger partial charge in [0.05, 0.1) is 12.3 Å². The first-order valence-electron chi connectivity index (χ1n) is 10.1. The van der Waals surface area contributed by atoms with Crippen LogP contribution in [-0.2, 0) is 0 Å². The third-order valence-electron chi connectivity index (χ3n) is 5.73. The molecule has 0 fully saturated rings. The molecule has 2 heterocycles. The van der Waals surface area contributed by atoms with E-state index >= 15 is 0 Å². The summed E-state index contributed by atoms with van der Waals surface area (Å²) < 4.78 is 6.22. The molecular weight excluding hydrogens is 380 g/mol. The van der Waals surface area contributed by atoms with Crippen LogP contribution in [0.2, 0.25) is 0 Å². The molecule has 31 heavy (non-hydrogen) atoms. The van der Waals surface area contributed by atoms with Crippen LogP contribution in [0.25, 0.3) is 59.9 Å². The average Bonchev–Trinajstić information content (AvgIpc) is 3.22. The van der Waals surface area contributed by atoms with Crippen molar-refractivity contribution in [3.63, 3.8) is 0 Å². The minimum absolute atomic E-state index is 0.589. The second kappa shape index (κ2) is 6.83. The van der Waals surface area contributed by atoms with Crippen molar-refractivity contribution in [3.05, 3.63) is 109 Å². The van der Waals surface area contributed by atoms with E-state index in [1.807, 2.05) is 24.3 Å². The number of benzene rings is 4. The fourth-order valence-corrected chi connectivity index (χ4v) is 4.23. The van der Waals surface area contributed by atoms with Crippen molar-refractivity contribution in [2.45, 2.75) is 0 Å². The van der Waals surface area contributed by atoms with Crippen LogP contribution in [0.15, 0.2) is 102 Å². The zero-order valence-electron chi connectivity index (χ0n) is 16.5. The number of rotatable bonds is 2. The Labute approximate surface area is 179 Å². The SMILES string of the molecule is [C-]#[N+]c1ccnc(-c2cccc(-c3ccc4c(c3)oc3ccc5ccccc5c34)c2)c1. The summed E-state index contributed by atoms with van der Waals surface area (Å²) in [6.07, 6.45) is 1.68. The topological polar surface area (TPSA) is 30.4 Å². The number of hydrogen-bond acceptors (Lipinski definition) is 2. The Kier molecular flexibility index (Phi) is 3.84. The summed E-state index contributed by atoms with van der Waals surface area (Å²) in [6.45, 7) is 7.24. The van der Waals surface area contributed by atoms with Gasteiger partial charge >= 0.3 is 0 Å². The Bertz CT molecular complexity index is 1650. The van der Waals surface area contributed by atoms with Gasteiger partial charge in [-0.1, -0.05) is 54.6 Å². The zero-order chi connectivity index (χ0) is 20.8. The lowest BCUT2D eigenvalue weighted by Crippen LogP contribution is -1.84. The number of nitrogens with zero attached hydrogens (tertiary/aromatic N) is 2. The Balaban J connectivity index is 1.50. The number of fused-ring (bicyclic) bond motifs is 5. The summed E-state index contributed by atoms with van der Waals surface area (Å²) in [7, 11) is 0. The van der Waals surface area contributed by atoms with E-state index in [4.69, 9.17) is 11.0 Å². The molecule has 4 aromatic carbocycles. The molecule has 6 rings (SSSR count). The molecule has 0 saturated carbocycles. The van der Waals surface area contributed by atoms with Crippen LogP contribution in [-0.4, -0.2) is 4.98 Å². The molecule has 0 aliphatic rings. The van der Waals surface area contributed by atoms with E-state index in [0.717, 1.165) is 44.3 Å². The Hall–Kier alpha value is -4.42. The molecule has 0 aliphatic heterocycles. The molecule has 6 aromatic rings.